The lowest BCUT2D eigenvalue weighted by Gasteiger charge is -2.27. The molecule has 3 heterocycles. The lowest BCUT2D eigenvalue weighted by atomic mass is 9.94. The van der Waals surface area contributed by atoms with E-state index in [2.05, 4.69) is 91.4 Å². The van der Waals surface area contributed by atoms with Crippen molar-refractivity contribution in [3.63, 3.8) is 0 Å². The van der Waals surface area contributed by atoms with Crippen LogP contribution in [0, 0.1) is 27.7 Å². The van der Waals surface area contributed by atoms with Gasteiger partial charge in [-0.3, -0.25) is 4.79 Å². The van der Waals surface area contributed by atoms with Crippen molar-refractivity contribution in [2.75, 3.05) is 13.1 Å². The maximum atomic E-state index is 13.9. The molecule has 0 bridgehead atoms. The molecule has 3 aromatic rings. The SMILES string of the molecule is Cc1cc(/C=C2/C[NH+](Cc3ccccc3)C/C(=C\c3cc(C)n(C4CC4)c3C)C2=O)c(C)n1C1CC1. The van der Waals surface area contributed by atoms with Crippen molar-refractivity contribution in [3.05, 3.63) is 93.1 Å². The predicted molar refractivity (Wildman–Crippen MR) is 146 cm³/mol. The zero-order valence-corrected chi connectivity index (χ0v) is 22.1. The third-order valence-electron chi connectivity index (χ3n) is 8.29. The zero-order valence-electron chi connectivity index (χ0n) is 22.1. The van der Waals surface area contributed by atoms with Crippen molar-refractivity contribution in [1.82, 2.24) is 9.13 Å². The number of aryl methyl sites for hydroxylation is 2. The number of quaternary nitrogens is 1. The molecule has 0 spiro atoms. The fourth-order valence-corrected chi connectivity index (χ4v) is 6.27. The summed E-state index contributed by atoms with van der Waals surface area (Å²) < 4.78 is 4.94. The molecule has 1 saturated heterocycles. The molecular weight excluding hydrogens is 442 g/mol. The maximum absolute atomic E-state index is 13.9. The van der Waals surface area contributed by atoms with Gasteiger partial charge in [0.2, 0.25) is 0 Å². The van der Waals surface area contributed by atoms with Crippen molar-refractivity contribution in [2.45, 2.75) is 72.0 Å². The lowest BCUT2D eigenvalue weighted by Crippen LogP contribution is -3.12. The van der Waals surface area contributed by atoms with Crippen molar-refractivity contribution < 1.29 is 9.69 Å². The number of ketones is 1. The first-order valence-electron chi connectivity index (χ1n) is 13.6. The molecule has 1 aliphatic heterocycles. The van der Waals surface area contributed by atoms with E-state index in [1.54, 1.807) is 0 Å². The van der Waals surface area contributed by atoms with Crippen LogP contribution < -0.4 is 4.90 Å². The van der Waals surface area contributed by atoms with Gasteiger partial charge in [-0.2, -0.15) is 0 Å². The second kappa shape index (κ2) is 9.08. The monoisotopic (exact) mass is 480 g/mol. The van der Waals surface area contributed by atoms with E-state index in [9.17, 15) is 4.79 Å². The van der Waals surface area contributed by atoms with E-state index in [0.717, 1.165) is 30.8 Å². The minimum atomic E-state index is 0.222. The van der Waals surface area contributed by atoms with Crippen LogP contribution in [-0.2, 0) is 11.3 Å². The maximum Gasteiger partial charge on any atom is 0.196 e. The summed E-state index contributed by atoms with van der Waals surface area (Å²) in [5.41, 5.74) is 10.8. The van der Waals surface area contributed by atoms with E-state index < -0.39 is 0 Å². The van der Waals surface area contributed by atoms with Gasteiger partial charge in [-0.1, -0.05) is 30.3 Å². The number of Topliss-reactive ketones (excluding diaryl/α,β-unsaturated/α-hetero) is 1. The third kappa shape index (κ3) is 4.43. The molecule has 2 saturated carbocycles. The van der Waals surface area contributed by atoms with Gasteiger partial charge in [0.15, 0.2) is 5.78 Å². The molecule has 1 atom stereocenters. The summed E-state index contributed by atoms with van der Waals surface area (Å²) in [4.78, 5) is 15.3. The van der Waals surface area contributed by atoms with Crippen LogP contribution in [0.15, 0.2) is 53.6 Å². The van der Waals surface area contributed by atoms with Crippen molar-refractivity contribution in [3.8, 4) is 0 Å². The Morgan fingerprint density at radius 1 is 0.778 bits per heavy atom. The first-order chi connectivity index (χ1) is 17.4. The van der Waals surface area contributed by atoms with E-state index in [4.69, 9.17) is 0 Å². The Bertz CT molecular complexity index is 1290. The number of carbonyl (C=O) groups is 1. The first kappa shape index (κ1) is 23.3. The zero-order chi connectivity index (χ0) is 25.0. The minimum absolute atomic E-state index is 0.222. The number of benzene rings is 1. The van der Waals surface area contributed by atoms with Gasteiger partial charge in [0.05, 0.1) is 11.1 Å². The summed E-state index contributed by atoms with van der Waals surface area (Å²) in [5.74, 6) is 0.222. The highest BCUT2D eigenvalue weighted by Gasteiger charge is 2.32. The molecule has 186 valence electrons. The second-order valence-electron chi connectivity index (χ2n) is 11.3. The Kier molecular flexibility index (Phi) is 5.88. The number of nitrogens with one attached hydrogen (secondary N) is 1. The summed E-state index contributed by atoms with van der Waals surface area (Å²) in [7, 11) is 0. The Hall–Kier alpha value is -3.11. The fourth-order valence-electron chi connectivity index (χ4n) is 6.27. The minimum Gasteiger partial charge on any atom is -0.346 e. The summed E-state index contributed by atoms with van der Waals surface area (Å²) in [6.45, 7) is 11.3. The quantitative estimate of drug-likeness (QED) is 0.475. The molecule has 1 unspecified atom stereocenters. The number of nitrogens with zero attached hydrogens (tertiary/aromatic N) is 2. The average Bonchev–Trinajstić information content (AvgIpc) is 3.78. The van der Waals surface area contributed by atoms with Crippen LogP contribution >= 0.6 is 0 Å². The Labute approximate surface area is 214 Å². The molecule has 36 heavy (non-hydrogen) atoms. The number of aromatic nitrogens is 2. The van der Waals surface area contributed by atoms with Gasteiger partial charge in [0.25, 0.3) is 0 Å². The van der Waals surface area contributed by atoms with E-state index in [1.807, 2.05) is 0 Å². The number of likely N-dealkylation sites (tertiary alicyclic amines) is 1. The normalized spacial score (nSPS) is 22.7. The summed E-state index contributed by atoms with van der Waals surface area (Å²) in [6, 6.07) is 16.5. The van der Waals surface area contributed by atoms with Gasteiger partial charge in [-0.15, -0.1) is 0 Å². The van der Waals surface area contributed by atoms with Crippen LogP contribution in [-0.4, -0.2) is 28.0 Å². The van der Waals surface area contributed by atoms with Gasteiger partial charge >= 0.3 is 0 Å². The van der Waals surface area contributed by atoms with Crippen LogP contribution in [0.2, 0.25) is 0 Å². The highest BCUT2D eigenvalue weighted by Crippen LogP contribution is 2.40. The van der Waals surface area contributed by atoms with Crippen molar-refractivity contribution in [2.24, 2.45) is 0 Å². The number of piperidine rings is 1. The number of hydrogen-bond donors (Lipinski definition) is 1. The molecule has 0 radical (unpaired) electrons. The van der Waals surface area contributed by atoms with Crippen molar-refractivity contribution >= 4 is 17.9 Å². The topological polar surface area (TPSA) is 31.4 Å². The molecule has 0 amide bonds. The standard InChI is InChI=1S/C32H37N3O/c1-21-14-26(23(3)34(21)30-10-11-30)16-28-19-33(18-25-8-6-5-7-9-25)20-29(32(28)36)17-27-15-22(2)35(24(27)4)31-12-13-31/h5-9,14-17,30-31H,10-13,18-20H2,1-4H3/p+1/b28-16-,29-17+. The van der Waals surface area contributed by atoms with Crippen LogP contribution in [0.1, 0.15) is 77.2 Å². The highest BCUT2D eigenvalue weighted by molar-refractivity contribution is 6.14. The molecule has 1 N–H and O–H groups in total. The molecule has 3 fully saturated rings. The number of rotatable bonds is 6. The highest BCUT2D eigenvalue weighted by atomic mass is 16.1. The van der Waals surface area contributed by atoms with Gasteiger partial charge < -0.3 is 14.0 Å². The molecule has 4 nitrogen and oxygen atoms in total. The molecular formula is C32H38N3O+. The first-order valence-corrected chi connectivity index (χ1v) is 13.6. The van der Waals surface area contributed by atoms with Gasteiger partial charge in [-0.25, -0.2) is 0 Å². The predicted octanol–water partition coefficient (Wildman–Crippen LogP) is 5.33. The smallest absolute Gasteiger partial charge is 0.196 e. The second-order valence-corrected chi connectivity index (χ2v) is 11.3. The van der Waals surface area contributed by atoms with Gasteiger partial charge in [-0.05, 0) is 88.8 Å². The van der Waals surface area contributed by atoms with E-state index >= 15 is 0 Å². The fraction of sp³-hybridized carbons (Fsp3) is 0.406. The summed E-state index contributed by atoms with van der Waals surface area (Å²) in [6.07, 6.45) is 9.46. The number of hydrogen-bond acceptors (Lipinski definition) is 1. The largest absolute Gasteiger partial charge is 0.346 e. The summed E-state index contributed by atoms with van der Waals surface area (Å²) >= 11 is 0. The molecule has 6 rings (SSSR count). The molecule has 3 aliphatic rings. The molecule has 2 aromatic heterocycles. The number of carbonyl (C=O) groups excluding carboxylic acids is 1. The van der Waals surface area contributed by atoms with Gasteiger partial charge in [0.1, 0.15) is 19.6 Å². The Balaban J connectivity index is 1.37. The lowest BCUT2D eigenvalue weighted by molar-refractivity contribution is -0.904. The van der Waals surface area contributed by atoms with Crippen LogP contribution in [0.25, 0.3) is 12.2 Å². The van der Waals surface area contributed by atoms with E-state index in [1.165, 1.54) is 70.0 Å². The van der Waals surface area contributed by atoms with Crippen LogP contribution in [0.4, 0.5) is 0 Å². The Morgan fingerprint density at radius 2 is 1.25 bits per heavy atom. The van der Waals surface area contributed by atoms with Crippen LogP contribution in [0.5, 0.6) is 0 Å². The van der Waals surface area contributed by atoms with Crippen LogP contribution in [0.3, 0.4) is 0 Å². The third-order valence-corrected chi connectivity index (χ3v) is 8.29. The Morgan fingerprint density at radius 3 is 1.69 bits per heavy atom. The van der Waals surface area contributed by atoms with E-state index in [0.29, 0.717) is 12.1 Å². The molecule has 2 aliphatic carbocycles. The molecule has 4 heteroatoms. The molecule has 1 aromatic carbocycles. The van der Waals surface area contributed by atoms with E-state index in [-0.39, 0.29) is 5.78 Å². The van der Waals surface area contributed by atoms with Crippen molar-refractivity contribution in [1.29, 1.82) is 0 Å². The average molecular weight is 481 g/mol. The van der Waals surface area contributed by atoms with Gasteiger partial charge in [0, 0.05) is 40.4 Å². The summed E-state index contributed by atoms with van der Waals surface area (Å²) in [5, 5.41) is 0.